The van der Waals surface area contributed by atoms with Gasteiger partial charge < -0.3 is 9.47 Å². The Kier molecular flexibility index (Phi) is 8.23. The molecule has 0 saturated carbocycles. The van der Waals surface area contributed by atoms with Gasteiger partial charge in [-0.1, -0.05) is 135 Å². The molecule has 1 aliphatic heterocycles. The molecule has 0 radical (unpaired) electrons. The second-order valence-electron chi connectivity index (χ2n) is 10.1. The molecule has 1 aliphatic rings. The van der Waals surface area contributed by atoms with E-state index in [1.54, 1.807) is 0 Å². The quantitative estimate of drug-likeness (QED) is 0.243. The van der Waals surface area contributed by atoms with Gasteiger partial charge in [0, 0.05) is 11.3 Å². The second kappa shape index (κ2) is 11.6. The van der Waals surface area contributed by atoms with Crippen molar-refractivity contribution in [2.45, 2.75) is 57.0 Å². The van der Waals surface area contributed by atoms with E-state index >= 15 is 0 Å². The molecular weight excluding hydrogens is 490 g/mol. The fourth-order valence-electron chi connectivity index (χ4n) is 5.45. The summed E-state index contributed by atoms with van der Waals surface area (Å²) in [6.07, 6.45) is -0.0390. The highest BCUT2D eigenvalue weighted by molar-refractivity contribution is 7.74. The molecule has 4 atom stereocenters. The lowest BCUT2D eigenvalue weighted by atomic mass is 10.1. The average molecular weight is 527 g/mol. The maximum atomic E-state index is 6.79. The van der Waals surface area contributed by atoms with Gasteiger partial charge in [-0.3, -0.25) is 0 Å². The zero-order valence-corrected chi connectivity index (χ0v) is 23.9. The summed E-state index contributed by atoms with van der Waals surface area (Å²) in [5, 5.41) is 5.52. The summed E-state index contributed by atoms with van der Waals surface area (Å²) in [4.78, 5) is 0. The summed E-state index contributed by atoms with van der Waals surface area (Å²) < 4.78 is 13.6. The Morgan fingerprint density at radius 1 is 0.486 bits per heavy atom. The van der Waals surface area contributed by atoms with Crippen LogP contribution in [0.5, 0.6) is 0 Å². The molecule has 0 spiro atoms. The Bertz CT molecular complexity index is 1070. The molecule has 0 aromatic heterocycles. The molecule has 0 bridgehead atoms. The normalized spacial score (nSPS) is 20.7. The molecule has 1 heterocycles. The molecule has 37 heavy (non-hydrogen) atoms. The van der Waals surface area contributed by atoms with E-state index in [1.807, 2.05) is 0 Å². The van der Waals surface area contributed by atoms with Gasteiger partial charge in [0.2, 0.25) is 0 Å². The number of hydrogen-bond donors (Lipinski definition) is 0. The van der Waals surface area contributed by atoms with E-state index in [2.05, 4.69) is 149 Å². The van der Waals surface area contributed by atoms with Gasteiger partial charge in [-0.2, -0.15) is 0 Å². The van der Waals surface area contributed by atoms with Crippen LogP contribution in [0.25, 0.3) is 0 Å². The van der Waals surface area contributed by atoms with E-state index < -0.39 is 21.6 Å². The first kappa shape index (κ1) is 26.3. The van der Waals surface area contributed by atoms with Gasteiger partial charge in [0.15, 0.2) is 5.79 Å². The van der Waals surface area contributed by atoms with Gasteiger partial charge in [-0.25, -0.2) is 0 Å². The maximum Gasteiger partial charge on any atom is 0.163 e. The number of rotatable bonds is 8. The maximum absolute atomic E-state index is 6.79. The monoisotopic (exact) mass is 526 g/mol. The average Bonchev–Trinajstić information content (AvgIpc) is 3.27. The Hall–Kier alpha value is -2.34. The summed E-state index contributed by atoms with van der Waals surface area (Å²) in [6, 6.07) is 43.8. The highest BCUT2D eigenvalue weighted by atomic mass is 31.1. The van der Waals surface area contributed by atoms with Gasteiger partial charge in [-0.05, 0) is 50.9 Å². The van der Waals surface area contributed by atoms with Gasteiger partial charge >= 0.3 is 0 Å². The molecule has 2 nitrogen and oxygen atoms in total. The van der Waals surface area contributed by atoms with Crippen LogP contribution in [-0.4, -0.2) is 29.3 Å². The van der Waals surface area contributed by atoms with Gasteiger partial charge in [0.25, 0.3) is 0 Å². The Balaban J connectivity index is 1.55. The summed E-state index contributed by atoms with van der Waals surface area (Å²) in [7, 11) is -1.28. The molecule has 4 aromatic carbocycles. The predicted octanol–water partition coefficient (Wildman–Crippen LogP) is 6.55. The summed E-state index contributed by atoms with van der Waals surface area (Å²) in [5.74, 6) is -0.624. The van der Waals surface area contributed by atoms with Crippen molar-refractivity contribution in [1.82, 2.24) is 0 Å². The molecular formula is C33H36O2P2. The molecule has 1 saturated heterocycles. The van der Waals surface area contributed by atoms with Crippen molar-refractivity contribution < 1.29 is 9.47 Å². The highest BCUT2D eigenvalue weighted by Crippen LogP contribution is 2.51. The smallest absolute Gasteiger partial charge is 0.163 e. The Morgan fingerprint density at radius 2 is 0.730 bits per heavy atom. The van der Waals surface area contributed by atoms with Gasteiger partial charge in [0.1, 0.15) is 0 Å². The third-order valence-electron chi connectivity index (χ3n) is 7.07. The lowest BCUT2D eigenvalue weighted by molar-refractivity contribution is -0.145. The number of hydrogen-bond acceptors (Lipinski definition) is 2. The molecule has 4 aromatic rings. The van der Waals surface area contributed by atoms with Crippen molar-refractivity contribution in [3.05, 3.63) is 121 Å². The minimum atomic E-state index is -0.642. The fourth-order valence-corrected chi connectivity index (χ4v) is 10.9. The lowest BCUT2D eigenvalue weighted by Crippen LogP contribution is -2.42. The third-order valence-corrected chi connectivity index (χ3v) is 12.7. The van der Waals surface area contributed by atoms with Crippen LogP contribution in [-0.2, 0) is 9.47 Å². The van der Waals surface area contributed by atoms with E-state index in [9.17, 15) is 0 Å². The second-order valence-corrected chi connectivity index (χ2v) is 15.3. The third kappa shape index (κ3) is 5.89. The SMILES string of the molecule is C[C@@H]([C@H]1OC(C)(C)O[C@@H]1[C@H](C)P(c1ccccc1)c1ccccc1)P(c1ccccc1)c1ccccc1. The van der Waals surface area contributed by atoms with Crippen molar-refractivity contribution in [2.75, 3.05) is 0 Å². The molecule has 4 heteroatoms. The molecule has 0 aliphatic carbocycles. The van der Waals surface area contributed by atoms with Gasteiger partial charge in [-0.15, -0.1) is 0 Å². The van der Waals surface area contributed by atoms with Gasteiger partial charge in [0.05, 0.1) is 12.2 Å². The molecule has 0 amide bonds. The number of benzene rings is 4. The van der Waals surface area contributed by atoms with Crippen molar-refractivity contribution in [3.8, 4) is 0 Å². The lowest BCUT2D eigenvalue weighted by Gasteiger charge is -2.36. The van der Waals surface area contributed by atoms with Crippen LogP contribution in [0, 0.1) is 0 Å². The first-order chi connectivity index (χ1) is 17.9. The highest BCUT2D eigenvalue weighted by Gasteiger charge is 2.49. The Labute approximate surface area is 224 Å². The zero-order valence-electron chi connectivity index (χ0n) is 22.1. The summed E-state index contributed by atoms with van der Waals surface area (Å²) >= 11 is 0. The van der Waals surface area contributed by atoms with Crippen molar-refractivity contribution >= 4 is 37.1 Å². The standard InChI is InChI=1S/C33H36O2P2/c1-25(36(27-17-9-5-10-18-27)28-19-11-6-12-20-28)31-32(35-33(3,4)34-31)26(2)37(29-21-13-7-14-22-29)30-23-15-8-16-24-30/h5-26,31-32H,1-4H3/t25-,26-,31+,32+/m0/s1. The first-order valence-corrected chi connectivity index (χ1v) is 15.9. The van der Waals surface area contributed by atoms with Crippen LogP contribution in [0.15, 0.2) is 121 Å². The summed E-state index contributed by atoms with van der Waals surface area (Å²) in [5.41, 5.74) is 0.551. The van der Waals surface area contributed by atoms with E-state index in [-0.39, 0.29) is 23.5 Å². The zero-order chi connectivity index (χ0) is 25.8. The van der Waals surface area contributed by atoms with E-state index in [0.29, 0.717) is 0 Å². The van der Waals surface area contributed by atoms with Crippen LogP contribution in [0.3, 0.4) is 0 Å². The molecule has 0 N–H and O–H groups in total. The molecule has 190 valence electrons. The number of ether oxygens (including phenoxy) is 2. The Morgan fingerprint density at radius 3 is 0.973 bits per heavy atom. The van der Waals surface area contributed by atoms with Crippen LogP contribution in [0.1, 0.15) is 27.7 Å². The fraction of sp³-hybridized carbons (Fsp3) is 0.273. The largest absolute Gasteiger partial charge is 0.344 e. The van der Waals surface area contributed by atoms with Crippen LogP contribution < -0.4 is 21.2 Å². The van der Waals surface area contributed by atoms with Crippen LogP contribution >= 0.6 is 15.8 Å². The molecule has 1 fully saturated rings. The predicted molar refractivity (Wildman–Crippen MR) is 161 cm³/mol. The van der Waals surface area contributed by atoms with Crippen molar-refractivity contribution in [3.63, 3.8) is 0 Å². The molecule has 5 rings (SSSR count). The van der Waals surface area contributed by atoms with E-state index in [0.717, 1.165) is 0 Å². The van der Waals surface area contributed by atoms with E-state index in [1.165, 1.54) is 21.2 Å². The minimum Gasteiger partial charge on any atom is -0.344 e. The van der Waals surface area contributed by atoms with E-state index in [4.69, 9.17) is 9.47 Å². The molecule has 0 unspecified atom stereocenters. The first-order valence-electron chi connectivity index (χ1n) is 13.1. The topological polar surface area (TPSA) is 18.5 Å². The van der Waals surface area contributed by atoms with Crippen molar-refractivity contribution in [1.29, 1.82) is 0 Å². The van der Waals surface area contributed by atoms with Crippen LogP contribution in [0.4, 0.5) is 0 Å². The minimum absolute atomic E-state index is 0.0195. The summed E-state index contributed by atoms with van der Waals surface area (Å²) in [6.45, 7) is 8.88. The van der Waals surface area contributed by atoms with Crippen molar-refractivity contribution in [2.24, 2.45) is 0 Å². The van der Waals surface area contributed by atoms with Crippen LogP contribution in [0.2, 0.25) is 0 Å².